The summed E-state index contributed by atoms with van der Waals surface area (Å²) in [6, 6.07) is 28.1. The fraction of sp³-hybridized carbons (Fsp3) is 0.241. The molecule has 0 heterocycles. The van der Waals surface area contributed by atoms with Gasteiger partial charge in [0.05, 0.1) is 7.11 Å². The molecule has 3 aromatic carbocycles. The quantitative estimate of drug-likeness (QED) is 0.294. The zero-order valence-corrected chi connectivity index (χ0v) is 20.5. The summed E-state index contributed by atoms with van der Waals surface area (Å²) in [4.78, 5) is 18.5. The number of hydrogen-bond acceptors (Lipinski definition) is 3. The van der Waals surface area contributed by atoms with Crippen molar-refractivity contribution < 1.29 is 23.6 Å². The molecule has 1 fully saturated rings. The molecule has 35 heavy (non-hydrogen) atoms. The largest absolute Gasteiger partial charge is 0.524 e. The highest BCUT2D eigenvalue weighted by atomic mass is 31.2. The molecule has 2 aliphatic carbocycles. The Hall–Kier alpha value is -3.11. The number of fused-ring (bicyclic) bond motifs is 2. The van der Waals surface area contributed by atoms with Crippen molar-refractivity contribution in [1.29, 1.82) is 0 Å². The van der Waals surface area contributed by atoms with Crippen molar-refractivity contribution in [2.75, 3.05) is 7.11 Å². The van der Waals surface area contributed by atoms with Gasteiger partial charge >= 0.3 is 7.82 Å². The minimum Gasteiger partial charge on any atom is -0.496 e. The molecule has 3 unspecified atom stereocenters. The van der Waals surface area contributed by atoms with Crippen molar-refractivity contribution in [2.45, 2.75) is 25.2 Å². The minimum atomic E-state index is -4.65. The maximum absolute atomic E-state index is 11.4. The van der Waals surface area contributed by atoms with E-state index in [-0.39, 0.29) is 17.6 Å². The van der Waals surface area contributed by atoms with E-state index < -0.39 is 7.82 Å². The first-order chi connectivity index (χ1) is 16.9. The topological polar surface area (TPSA) is 76.0 Å². The summed E-state index contributed by atoms with van der Waals surface area (Å²) in [7, 11) is -2.98. The molecular weight excluding hydrogens is 459 g/mol. The average Bonchev–Trinajstić information content (AvgIpc) is 2.86. The maximum Gasteiger partial charge on any atom is 0.524 e. The average molecular weight is 489 g/mol. The Morgan fingerprint density at radius 1 is 0.943 bits per heavy atom. The zero-order valence-electron chi connectivity index (χ0n) is 19.6. The Labute approximate surface area is 206 Å². The van der Waals surface area contributed by atoms with Gasteiger partial charge < -0.3 is 9.26 Å². The van der Waals surface area contributed by atoms with Crippen molar-refractivity contribution in [1.82, 2.24) is 0 Å². The molecule has 0 aliphatic heterocycles. The van der Waals surface area contributed by atoms with Crippen molar-refractivity contribution in [3.8, 4) is 5.75 Å². The predicted octanol–water partition coefficient (Wildman–Crippen LogP) is 6.81. The van der Waals surface area contributed by atoms with Crippen LogP contribution in [0.2, 0.25) is 0 Å². The van der Waals surface area contributed by atoms with E-state index in [1.54, 1.807) is 25.3 Å². The standard InChI is InChI=1S/C29H29O5P/c1-33-29(23-13-8-14-24(17-23)34-35(30,31)32)25-16-15-22-18-28(25)27(21-11-6-3-7-12-21)19-26(22)20-9-4-2-5-10-20/h2-14,17,19,22,27-28H,15-16,18H2,1H3,(H2,30,31,32). The summed E-state index contributed by atoms with van der Waals surface area (Å²) in [5, 5.41) is 0. The molecule has 2 N–H and O–H groups in total. The van der Waals surface area contributed by atoms with Crippen LogP contribution < -0.4 is 4.52 Å². The second kappa shape index (κ2) is 9.87. The first-order valence-electron chi connectivity index (χ1n) is 11.9. The lowest BCUT2D eigenvalue weighted by atomic mass is 9.62. The van der Waals surface area contributed by atoms with Gasteiger partial charge in [0.2, 0.25) is 0 Å². The number of phosphoric acid groups is 1. The highest BCUT2D eigenvalue weighted by molar-refractivity contribution is 7.46. The van der Waals surface area contributed by atoms with Crippen LogP contribution >= 0.6 is 7.82 Å². The van der Waals surface area contributed by atoms with Crippen LogP contribution in [0.4, 0.5) is 0 Å². The Morgan fingerprint density at radius 2 is 1.66 bits per heavy atom. The lowest BCUT2D eigenvalue weighted by Crippen LogP contribution is -2.29. The van der Waals surface area contributed by atoms with E-state index in [1.165, 1.54) is 22.3 Å². The van der Waals surface area contributed by atoms with Gasteiger partial charge in [-0.05, 0) is 65.5 Å². The van der Waals surface area contributed by atoms with E-state index >= 15 is 0 Å². The number of ether oxygens (including phenoxy) is 1. The summed E-state index contributed by atoms with van der Waals surface area (Å²) in [6.45, 7) is 0. The van der Waals surface area contributed by atoms with Crippen LogP contribution in [-0.4, -0.2) is 16.9 Å². The molecule has 2 bridgehead atoms. The lowest BCUT2D eigenvalue weighted by molar-refractivity contribution is 0.283. The third-order valence-corrected chi connectivity index (χ3v) is 7.54. The molecule has 1 saturated carbocycles. The van der Waals surface area contributed by atoms with E-state index in [0.717, 1.165) is 30.6 Å². The molecule has 0 amide bonds. The third-order valence-electron chi connectivity index (χ3n) is 7.09. The van der Waals surface area contributed by atoms with Gasteiger partial charge in [0, 0.05) is 11.5 Å². The molecule has 3 atom stereocenters. The number of benzene rings is 3. The van der Waals surface area contributed by atoms with E-state index in [9.17, 15) is 14.4 Å². The number of hydrogen-bond donors (Lipinski definition) is 2. The van der Waals surface area contributed by atoms with Crippen molar-refractivity contribution in [3.63, 3.8) is 0 Å². The van der Waals surface area contributed by atoms with Gasteiger partial charge in [0.1, 0.15) is 11.5 Å². The summed E-state index contributed by atoms with van der Waals surface area (Å²) in [5.74, 6) is 1.84. The fourth-order valence-corrected chi connectivity index (χ4v) is 6.08. The molecule has 0 aromatic heterocycles. The van der Waals surface area contributed by atoms with Gasteiger partial charge in [-0.3, -0.25) is 9.79 Å². The van der Waals surface area contributed by atoms with Gasteiger partial charge in [-0.25, -0.2) is 4.57 Å². The first-order valence-corrected chi connectivity index (χ1v) is 13.4. The second-order valence-electron chi connectivity index (χ2n) is 9.17. The summed E-state index contributed by atoms with van der Waals surface area (Å²) in [5.41, 5.74) is 5.99. The van der Waals surface area contributed by atoms with E-state index in [0.29, 0.717) is 5.92 Å². The highest BCUT2D eigenvalue weighted by Gasteiger charge is 2.39. The summed E-state index contributed by atoms with van der Waals surface area (Å²) >= 11 is 0. The van der Waals surface area contributed by atoms with Gasteiger partial charge in [0.25, 0.3) is 0 Å². The SMILES string of the molecule is COC(=C1CCC2CC1C(c1ccccc1)C=C2c1ccccc1)c1cccc(OP(=O)(O)O)c1. The monoisotopic (exact) mass is 488 g/mol. The fourth-order valence-electron chi connectivity index (χ4n) is 5.69. The van der Waals surface area contributed by atoms with Crippen molar-refractivity contribution in [2.24, 2.45) is 11.8 Å². The molecule has 5 rings (SSSR count). The van der Waals surface area contributed by atoms with E-state index in [4.69, 9.17) is 9.26 Å². The molecule has 5 nitrogen and oxygen atoms in total. The first kappa shape index (κ1) is 23.6. The van der Waals surface area contributed by atoms with Crippen LogP contribution in [0.25, 0.3) is 11.3 Å². The minimum absolute atomic E-state index is 0.120. The normalized spacial score (nSPS) is 23.3. The zero-order chi connectivity index (χ0) is 24.4. The second-order valence-corrected chi connectivity index (χ2v) is 10.3. The van der Waals surface area contributed by atoms with Crippen molar-refractivity contribution >= 4 is 19.2 Å². The molecule has 6 heteroatoms. The number of methoxy groups -OCH3 is 1. The third kappa shape index (κ3) is 5.13. The van der Waals surface area contributed by atoms with Crippen LogP contribution in [0.1, 0.15) is 41.9 Å². The maximum atomic E-state index is 11.4. The molecule has 180 valence electrons. The van der Waals surface area contributed by atoms with Crippen LogP contribution in [0.15, 0.2) is 96.6 Å². The number of phosphoric ester groups is 1. The summed E-state index contributed by atoms with van der Waals surface area (Å²) < 4.78 is 22.2. The number of rotatable bonds is 6. The Balaban J connectivity index is 1.60. The van der Waals surface area contributed by atoms with Crippen LogP contribution in [0.5, 0.6) is 5.75 Å². The Kier molecular flexibility index (Phi) is 6.66. The molecular formula is C29H29O5P. The van der Waals surface area contributed by atoms with Crippen LogP contribution in [0, 0.1) is 11.8 Å². The van der Waals surface area contributed by atoms with Crippen LogP contribution in [0.3, 0.4) is 0 Å². The number of allylic oxidation sites excluding steroid dienone is 3. The lowest BCUT2D eigenvalue weighted by Gasteiger charge is -2.42. The molecule has 0 spiro atoms. The van der Waals surface area contributed by atoms with Gasteiger partial charge in [-0.2, -0.15) is 0 Å². The van der Waals surface area contributed by atoms with Crippen molar-refractivity contribution in [3.05, 3.63) is 113 Å². The predicted molar refractivity (Wildman–Crippen MR) is 137 cm³/mol. The van der Waals surface area contributed by atoms with Gasteiger partial charge in [-0.15, -0.1) is 0 Å². The van der Waals surface area contributed by atoms with E-state index in [2.05, 4.69) is 60.7 Å². The molecule has 3 aromatic rings. The highest BCUT2D eigenvalue weighted by Crippen LogP contribution is 2.53. The van der Waals surface area contributed by atoms with Crippen LogP contribution in [-0.2, 0) is 9.30 Å². The van der Waals surface area contributed by atoms with Gasteiger partial charge in [-0.1, -0.05) is 78.9 Å². The van der Waals surface area contributed by atoms with E-state index in [1.807, 2.05) is 12.1 Å². The molecule has 0 radical (unpaired) electrons. The summed E-state index contributed by atoms with van der Waals surface area (Å²) in [6.07, 6.45) is 5.40. The smallest absolute Gasteiger partial charge is 0.496 e. The Morgan fingerprint density at radius 3 is 2.34 bits per heavy atom. The molecule has 2 aliphatic rings. The Bertz CT molecular complexity index is 1290. The molecule has 0 saturated heterocycles. The van der Waals surface area contributed by atoms with Gasteiger partial charge in [0.15, 0.2) is 0 Å².